The van der Waals surface area contributed by atoms with Crippen molar-refractivity contribution in [3.05, 3.63) is 22.7 Å². The number of carbonyl (C=O) groups is 1. The third kappa shape index (κ3) is 3.94. The molecule has 0 bridgehead atoms. The van der Waals surface area contributed by atoms with Gasteiger partial charge in [0.15, 0.2) is 5.69 Å². The molecule has 0 aliphatic heterocycles. The third-order valence-corrected chi connectivity index (χ3v) is 4.45. The Balaban J connectivity index is 2.19. The molecule has 0 radical (unpaired) electrons. The van der Waals surface area contributed by atoms with E-state index in [4.69, 9.17) is 11.6 Å². The fourth-order valence-corrected chi connectivity index (χ4v) is 2.96. The van der Waals surface area contributed by atoms with Gasteiger partial charge in [0.2, 0.25) is 0 Å². The van der Waals surface area contributed by atoms with Crippen molar-refractivity contribution in [2.75, 3.05) is 7.05 Å². The van der Waals surface area contributed by atoms with E-state index in [9.17, 15) is 4.79 Å². The predicted molar refractivity (Wildman–Crippen MR) is 84.7 cm³/mol. The van der Waals surface area contributed by atoms with Crippen LogP contribution in [0.4, 0.5) is 0 Å². The first kappa shape index (κ1) is 16.2. The highest BCUT2D eigenvalue weighted by molar-refractivity contribution is 6.33. The molecule has 2 rings (SSSR count). The highest BCUT2D eigenvalue weighted by Gasteiger charge is 2.25. The van der Waals surface area contributed by atoms with Gasteiger partial charge in [-0.2, -0.15) is 0 Å². The molecule has 0 N–H and O–H groups in total. The summed E-state index contributed by atoms with van der Waals surface area (Å²) >= 11 is 6.14. The van der Waals surface area contributed by atoms with Crippen molar-refractivity contribution in [1.29, 1.82) is 0 Å². The standard InChI is InChI=1S/C16H24ClN3O/c1-11(2)15-18-10-13(17)14(19-15)16(21)20(3)12-8-6-4-5-7-9-12/h10-12H,4-9H2,1-3H3. The number of rotatable bonds is 3. The molecule has 4 nitrogen and oxygen atoms in total. The molecule has 0 atom stereocenters. The summed E-state index contributed by atoms with van der Waals surface area (Å²) in [6, 6.07) is 0.300. The molecule has 0 unspecified atom stereocenters. The molecule has 0 aromatic carbocycles. The largest absolute Gasteiger partial charge is 0.337 e. The zero-order chi connectivity index (χ0) is 15.4. The minimum Gasteiger partial charge on any atom is -0.337 e. The van der Waals surface area contributed by atoms with Crippen molar-refractivity contribution >= 4 is 17.5 Å². The van der Waals surface area contributed by atoms with Gasteiger partial charge >= 0.3 is 0 Å². The minimum atomic E-state index is -0.0869. The zero-order valence-corrected chi connectivity index (χ0v) is 13.9. The van der Waals surface area contributed by atoms with Gasteiger partial charge in [0.1, 0.15) is 5.82 Å². The van der Waals surface area contributed by atoms with Crippen LogP contribution < -0.4 is 0 Å². The smallest absolute Gasteiger partial charge is 0.274 e. The summed E-state index contributed by atoms with van der Waals surface area (Å²) in [5.74, 6) is 0.755. The van der Waals surface area contributed by atoms with Crippen LogP contribution in [0.5, 0.6) is 0 Å². The topological polar surface area (TPSA) is 46.1 Å². The number of amides is 1. The molecule has 1 aromatic rings. The number of aromatic nitrogens is 2. The molecule has 0 saturated heterocycles. The summed E-state index contributed by atoms with van der Waals surface area (Å²) in [5, 5.41) is 0.338. The van der Waals surface area contributed by atoms with Crippen LogP contribution in [0.1, 0.15) is 74.6 Å². The quantitative estimate of drug-likeness (QED) is 0.791. The van der Waals surface area contributed by atoms with Crippen molar-refractivity contribution in [2.45, 2.75) is 64.3 Å². The average Bonchev–Trinajstić information content (AvgIpc) is 2.75. The molecule has 1 aromatic heterocycles. The maximum absolute atomic E-state index is 12.7. The summed E-state index contributed by atoms with van der Waals surface area (Å²) in [6.07, 6.45) is 8.60. The number of nitrogens with zero attached hydrogens (tertiary/aromatic N) is 3. The Morgan fingerprint density at radius 3 is 2.48 bits per heavy atom. The van der Waals surface area contributed by atoms with Crippen molar-refractivity contribution in [1.82, 2.24) is 14.9 Å². The fraction of sp³-hybridized carbons (Fsp3) is 0.688. The van der Waals surface area contributed by atoms with Crippen molar-refractivity contribution < 1.29 is 4.79 Å². The molecule has 0 spiro atoms. The van der Waals surface area contributed by atoms with Gasteiger partial charge in [-0.15, -0.1) is 0 Å². The van der Waals surface area contributed by atoms with E-state index in [1.807, 2.05) is 25.8 Å². The van der Waals surface area contributed by atoms with Crippen LogP contribution in [0.3, 0.4) is 0 Å². The van der Waals surface area contributed by atoms with Crippen molar-refractivity contribution in [3.8, 4) is 0 Å². The summed E-state index contributed by atoms with van der Waals surface area (Å²) in [5.41, 5.74) is 0.335. The lowest BCUT2D eigenvalue weighted by molar-refractivity contribution is 0.0711. The highest BCUT2D eigenvalue weighted by Crippen LogP contribution is 2.24. The van der Waals surface area contributed by atoms with Crippen LogP contribution in [0.25, 0.3) is 0 Å². The van der Waals surface area contributed by atoms with Gasteiger partial charge in [0.25, 0.3) is 5.91 Å². The Bertz CT molecular complexity index is 496. The van der Waals surface area contributed by atoms with Crippen LogP contribution in [0.15, 0.2) is 6.20 Å². The number of hydrogen-bond acceptors (Lipinski definition) is 3. The summed E-state index contributed by atoms with van der Waals surface area (Å²) in [4.78, 5) is 23.1. The van der Waals surface area contributed by atoms with Crippen LogP contribution in [0, 0.1) is 0 Å². The first-order valence-electron chi connectivity index (χ1n) is 7.80. The second-order valence-electron chi connectivity index (χ2n) is 6.14. The molecular weight excluding hydrogens is 286 g/mol. The van der Waals surface area contributed by atoms with Crippen molar-refractivity contribution in [3.63, 3.8) is 0 Å². The SMILES string of the molecule is CC(C)c1ncc(Cl)c(C(=O)N(C)C2CCCCCC2)n1. The maximum atomic E-state index is 12.7. The Morgan fingerprint density at radius 1 is 1.29 bits per heavy atom. The second kappa shape index (κ2) is 7.21. The van der Waals surface area contributed by atoms with Gasteiger partial charge in [0, 0.05) is 19.0 Å². The van der Waals surface area contributed by atoms with Crippen LogP contribution >= 0.6 is 11.6 Å². The Hall–Kier alpha value is -1.16. The van der Waals surface area contributed by atoms with Gasteiger partial charge in [0.05, 0.1) is 11.2 Å². The third-order valence-electron chi connectivity index (χ3n) is 4.17. The summed E-state index contributed by atoms with van der Waals surface area (Å²) < 4.78 is 0. The van der Waals surface area contributed by atoms with E-state index in [1.54, 1.807) is 0 Å². The molecule has 21 heavy (non-hydrogen) atoms. The summed E-state index contributed by atoms with van der Waals surface area (Å²) in [7, 11) is 1.87. The fourth-order valence-electron chi connectivity index (χ4n) is 2.79. The molecule has 1 fully saturated rings. The molecule has 1 aliphatic rings. The first-order chi connectivity index (χ1) is 10.0. The molecule has 1 amide bonds. The van der Waals surface area contributed by atoms with E-state index < -0.39 is 0 Å². The molecule has 1 saturated carbocycles. The van der Waals surface area contributed by atoms with Crippen LogP contribution in [-0.4, -0.2) is 33.9 Å². The van der Waals surface area contributed by atoms with E-state index in [0.717, 1.165) is 12.8 Å². The molecule has 1 heterocycles. The van der Waals surface area contributed by atoms with Crippen LogP contribution in [0.2, 0.25) is 5.02 Å². The van der Waals surface area contributed by atoms with Gasteiger partial charge in [-0.1, -0.05) is 51.1 Å². The lowest BCUT2D eigenvalue weighted by Crippen LogP contribution is -2.37. The monoisotopic (exact) mass is 309 g/mol. The summed E-state index contributed by atoms with van der Waals surface area (Å²) in [6.45, 7) is 4.01. The van der Waals surface area contributed by atoms with E-state index in [-0.39, 0.29) is 11.8 Å². The Labute approximate surface area is 131 Å². The molecule has 5 heteroatoms. The molecule has 1 aliphatic carbocycles. The lowest BCUT2D eigenvalue weighted by atomic mass is 10.1. The van der Waals surface area contributed by atoms with E-state index >= 15 is 0 Å². The molecular formula is C16H24ClN3O. The second-order valence-corrected chi connectivity index (χ2v) is 6.55. The van der Waals surface area contributed by atoms with Gasteiger partial charge in [-0.05, 0) is 12.8 Å². The number of hydrogen-bond donors (Lipinski definition) is 0. The molecule has 116 valence electrons. The van der Waals surface area contributed by atoms with E-state index in [0.29, 0.717) is 22.6 Å². The lowest BCUT2D eigenvalue weighted by Gasteiger charge is -2.27. The predicted octanol–water partition coefficient (Wildman–Crippen LogP) is 4.05. The average molecular weight is 310 g/mol. The highest BCUT2D eigenvalue weighted by atomic mass is 35.5. The number of carbonyl (C=O) groups excluding carboxylic acids is 1. The maximum Gasteiger partial charge on any atom is 0.274 e. The zero-order valence-electron chi connectivity index (χ0n) is 13.1. The van der Waals surface area contributed by atoms with Crippen LogP contribution in [-0.2, 0) is 0 Å². The van der Waals surface area contributed by atoms with E-state index in [2.05, 4.69) is 9.97 Å². The van der Waals surface area contributed by atoms with Gasteiger partial charge in [-0.25, -0.2) is 9.97 Å². The normalized spacial score (nSPS) is 16.8. The Kier molecular flexibility index (Phi) is 5.57. The van der Waals surface area contributed by atoms with Gasteiger partial charge < -0.3 is 4.90 Å². The first-order valence-corrected chi connectivity index (χ1v) is 8.18. The van der Waals surface area contributed by atoms with Gasteiger partial charge in [-0.3, -0.25) is 4.79 Å². The van der Waals surface area contributed by atoms with E-state index in [1.165, 1.54) is 31.9 Å². The van der Waals surface area contributed by atoms with Crippen molar-refractivity contribution in [2.24, 2.45) is 0 Å². The minimum absolute atomic E-state index is 0.0869. The number of halogens is 1. The Morgan fingerprint density at radius 2 is 1.90 bits per heavy atom.